The van der Waals surface area contributed by atoms with Crippen LogP contribution in [-0.4, -0.2) is 36.9 Å². The zero-order chi connectivity index (χ0) is 17.9. The fourth-order valence-corrected chi connectivity index (χ4v) is 4.84. The molecule has 2 aromatic rings. The van der Waals surface area contributed by atoms with Crippen LogP contribution in [0.2, 0.25) is 5.02 Å². The Bertz CT molecular complexity index is 856. The summed E-state index contributed by atoms with van der Waals surface area (Å²) in [5.74, 6) is 0.0922. The third-order valence-electron chi connectivity index (χ3n) is 4.23. The molecule has 0 bridgehead atoms. The van der Waals surface area contributed by atoms with Gasteiger partial charge >= 0.3 is 6.03 Å². The van der Waals surface area contributed by atoms with Crippen molar-refractivity contribution in [1.29, 1.82) is 0 Å². The van der Waals surface area contributed by atoms with Crippen LogP contribution in [0.15, 0.2) is 54.6 Å². The molecule has 1 saturated heterocycles. The largest absolute Gasteiger partial charge is 0.322 e. The summed E-state index contributed by atoms with van der Waals surface area (Å²) in [4.78, 5) is 14.4. The van der Waals surface area contributed by atoms with Crippen molar-refractivity contribution in [2.45, 2.75) is 19.0 Å². The van der Waals surface area contributed by atoms with Crippen LogP contribution < -0.4 is 5.32 Å². The Morgan fingerprint density at radius 2 is 1.80 bits per heavy atom. The molecule has 3 rings (SSSR count). The molecule has 0 spiro atoms. The van der Waals surface area contributed by atoms with Crippen molar-refractivity contribution in [3.05, 3.63) is 65.2 Å². The molecule has 1 aliphatic heterocycles. The highest BCUT2D eigenvalue weighted by Crippen LogP contribution is 2.24. The first-order chi connectivity index (χ1) is 11.9. The summed E-state index contributed by atoms with van der Waals surface area (Å²) in [5.41, 5.74) is 1.45. The van der Waals surface area contributed by atoms with Gasteiger partial charge in [-0.1, -0.05) is 48.0 Å². The smallest absolute Gasteiger partial charge is 0.316 e. The van der Waals surface area contributed by atoms with Gasteiger partial charge in [0.2, 0.25) is 0 Å². The summed E-state index contributed by atoms with van der Waals surface area (Å²) < 4.78 is 23.7. The zero-order valence-electron chi connectivity index (χ0n) is 13.6. The molecular weight excluding hydrogens is 360 g/mol. The molecule has 2 aromatic carbocycles. The SMILES string of the molecule is O=C(Nc1ccccc1)N(Cc1ccccc1Cl)[C@H]1CCS(=O)(=O)C1. The minimum atomic E-state index is -3.10. The van der Waals surface area contributed by atoms with E-state index in [4.69, 9.17) is 11.6 Å². The van der Waals surface area contributed by atoms with Crippen LogP contribution in [0.1, 0.15) is 12.0 Å². The Morgan fingerprint density at radius 1 is 1.12 bits per heavy atom. The number of anilines is 1. The van der Waals surface area contributed by atoms with E-state index in [0.717, 1.165) is 5.56 Å². The van der Waals surface area contributed by atoms with Crippen LogP contribution >= 0.6 is 11.6 Å². The molecular formula is C18H19ClN2O3S. The maximum absolute atomic E-state index is 12.8. The maximum Gasteiger partial charge on any atom is 0.322 e. The molecule has 1 heterocycles. The molecule has 0 radical (unpaired) electrons. The number of hydrogen-bond donors (Lipinski definition) is 1. The van der Waals surface area contributed by atoms with Gasteiger partial charge in [-0.2, -0.15) is 0 Å². The van der Waals surface area contributed by atoms with Crippen LogP contribution in [0.3, 0.4) is 0 Å². The Hall–Kier alpha value is -2.05. The number of hydrogen-bond acceptors (Lipinski definition) is 3. The number of nitrogens with one attached hydrogen (secondary N) is 1. The average molecular weight is 379 g/mol. The molecule has 1 atom stereocenters. The fraction of sp³-hybridized carbons (Fsp3) is 0.278. The number of benzene rings is 2. The number of para-hydroxylation sites is 1. The van der Waals surface area contributed by atoms with E-state index >= 15 is 0 Å². The predicted octanol–water partition coefficient (Wildman–Crippen LogP) is 3.56. The number of urea groups is 1. The molecule has 0 aromatic heterocycles. The quantitative estimate of drug-likeness (QED) is 0.884. The topological polar surface area (TPSA) is 66.5 Å². The van der Waals surface area contributed by atoms with E-state index in [9.17, 15) is 13.2 Å². The van der Waals surface area contributed by atoms with E-state index in [1.807, 2.05) is 36.4 Å². The lowest BCUT2D eigenvalue weighted by Gasteiger charge is -2.29. The number of carbonyl (C=O) groups excluding carboxylic acids is 1. The zero-order valence-corrected chi connectivity index (χ0v) is 15.1. The van der Waals surface area contributed by atoms with Gasteiger partial charge in [-0.05, 0) is 30.2 Å². The molecule has 1 fully saturated rings. The number of halogens is 1. The Kier molecular flexibility index (Phi) is 5.30. The van der Waals surface area contributed by atoms with Crippen molar-refractivity contribution in [3.8, 4) is 0 Å². The number of sulfone groups is 1. The maximum atomic E-state index is 12.8. The molecule has 5 nitrogen and oxygen atoms in total. The van der Waals surface area contributed by atoms with Gasteiger partial charge in [0.25, 0.3) is 0 Å². The summed E-state index contributed by atoms with van der Waals surface area (Å²) in [6, 6.07) is 15.7. The fourth-order valence-electron chi connectivity index (χ4n) is 2.91. The highest BCUT2D eigenvalue weighted by Gasteiger charge is 2.35. The average Bonchev–Trinajstić information content (AvgIpc) is 2.94. The van der Waals surface area contributed by atoms with Crippen LogP contribution in [0.4, 0.5) is 10.5 Å². The molecule has 0 aliphatic carbocycles. The molecule has 0 saturated carbocycles. The van der Waals surface area contributed by atoms with Gasteiger partial charge in [-0.25, -0.2) is 13.2 Å². The molecule has 2 amide bonds. The molecule has 1 aliphatic rings. The lowest BCUT2D eigenvalue weighted by molar-refractivity contribution is 0.190. The van der Waals surface area contributed by atoms with Crippen LogP contribution in [0.25, 0.3) is 0 Å². The van der Waals surface area contributed by atoms with Crippen molar-refractivity contribution in [2.24, 2.45) is 0 Å². The normalized spacial score (nSPS) is 18.7. The van der Waals surface area contributed by atoms with E-state index in [1.165, 1.54) is 0 Å². The molecule has 132 valence electrons. The number of nitrogens with zero attached hydrogens (tertiary/aromatic N) is 1. The minimum Gasteiger partial charge on any atom is -0.316 e. The van der Waals surface area contributed by atoms with Crippen molar-refractivity contribution in [1.82, 2.24) is 4.90 Å². The number of rotatable bonds is 4. The molecule has 0 unspecified atom stereocenters. The van der Waals surface area contributed by atoms with Gasteiger partial charge in [0.15, 0.2) is 9.84 Å². The molecule has 7 heteroatoms. The Morgan fingerprint density at radius 3 is 2.44 bits per heavy atom. The monoisotopic (exact) mass is 378 g/mol. The first-order valence-electron chi connectivity index (χ1n) is 8.01. The van der Waals surface area contributed by atoms with Crippen molar-refractivity contribution >= 4 is 33.2 Å². The Balaban J connectivity index is 1.83. The van der Waals surface area contributed by atoms with E-state index in [0.29, 0.717) is 17.1 Å². The second-order valence-corrected chi connectivity index (χ2v) is 8.71. The van der Waals surface area contributed by atoms with Gasteiger partial charge in [0.1, 0.15) is 0 Å². The number of amides is 2. The van der Waals surface area contributed by atoms with Crippen molar-refractivity contribution in [2.75, 3.05) is 16.8 Å². The van der Waals surface area contributed by atoms with Gasteiger partial charge in [-0.3, -0.25) is 0 Å². The van der Waals surface area contributed by atoms with Crippen molar-refractivity contribution < 1.29 is 13.2 Å². The summed E-state index contributed by atoms with van der Waals surface area (Å²) in [6.45, 7) is 0.262. The van der Waals surface area contributed by atoms with Crippen LogP contribution in [0.5, 0.6) is 0 Å². The summed E-state index contributed by atoms with van der Waals surface area (Å²) in [6.07, 6.45) is 0.439. The van der Waals surface area contributed by atoms with E-state index in [-0.39, 0.29) is 30.1 Å². The predicted molar refractivity (Wildman–Crippen MR) is 99.5 cm³/mol. The van der Waals surface area contributed by atoms with Crippen LogP contribution in [-0.2, 0) is 16.4 Å². The van der Waals surface area contributed by atoms with Crippen LogP contribution in [0, 0.1) is 0 Å². The highest BCUT2D eigenvalue weighted by molar-refractivity contribution is 7.91. The van der Waals surface area contributed by atoms with Gasteiger partial charge in [-0.15, -0.1) is 0 Å². The third-order valence-corrected chi connectivity index (χ3v) is 6.35. The second-order valence-electron chi connectivity index (χ2n) is 6.07. The van der Waals surface area contributed by atoms with Gasteiger partial charge in [0.05, 0.1) is 11.5 Å². The van der Waals surface area contributed by atoms with Crippen molar-refractivity contribution in [3.63, 3.8) is 0 Å². The lowest BCUT2D eigenvalue weighted by Crippen LogP contribution is -2.43. The highest BCUT2D eigenvalue weighted by atomic mass is 35.5. The van der Waals surface area contributed by atoms with Gasteiger partial charge < -0.3 is 10.2 Å². The third kappa shape index (κ3) is 4.52. The minimum absolute atomic E-state index is 0.0142. The second kappa shape index (κ2) is 7.45. The Labute approximate surface area is 152 Å². The van der Waals surface area contributed by atoms with Gasteiger partial charge in [0, 0.05) is 23.3 Å². The summed E-state index contributed by atoms with van der Waals surface area (Å²) >= 11 is 6.22. The van der Waals surface area contributed by atoms with E-state index in [2.05, 4.69) is 5.32 Å². The van der Waals surface area contributed by atoms with E-state index < -0.39 is 9.84 Å². The number of carbonyl (C=O) groups is 1. The first kappa shape index (κ1) is 17.8. The molecule has 1 N–H and O–H groups in total. The lowest BCUT2D eigenvalue weighted by atomic mass is 10.1. The molecule has 25 heavy (non-hydrogen) atoms. The summed E-state index contributed by atoms with van der Waals surface area (Å²) in [7, 11) is -3.10. The summed E-state index contributed by atoms with van der Waals surface area (Å²) in [5, 5.41) is 3.39. The first-order valence-corrected chi connectivity index (χ1v) is 10.2. The standard InChI is InChI=1S/C18H19ClN2O3S/c19-17-9-5-4-6-14(17)12-21(16-10-11-25(23,24)13-16)18(22)20-15-7-2-1-3-8-15/h1-9,16H,10-13H2,(H,20,22)/t16-/m0/s1. The van der Waals surface area contributed by atoms with E-state index in [1.54, 1.807) is 23.1 Å².